The quantitative estimate of drug-likeness (QED) is 0.520. The molecule has 1 atom stereocenters. The SMILES string of the molecule is COC(=O)c1cn2ccnc2c(-c2cccc(C#C[C@]3(O)CCN(C)C3=O)c2)n1. The molecule has 0 radical (unpaired) electrons. The van der Waals surface area contributed by atoms with Crippen LogP contribution >= 0.6 is 0 Å². The van der Waals surface area contributed by atoms with Gasteiger partial charge in [0.25, 0.3) is 5.91 Å². The Hall–Kier alpha value is -3.70. The Morgan fingerprint density at radius 2 is 2.21 bits per heavy atom. The predicted octanol–water partition coefficient (Wildman–Crippen LogP) is 1.13. The van der Waals surface area contributed by atoms with Crippen molar-refractivity contribution >= 4 is 17.5 Å². The van der Waals surface area contributed by atoms with E-state index in [9.17, 15) is 14.7 Å². The number of ether oxygens (including phenoxy) is 1. The van der Waals surface area contributed by atoms with Gasteiger partial charge < -0.3 is 19.1 Å². The molecule has 0 aliphatic carbocycles. The van der Waals surface area contributed by atoms with E-state index in [1.165, 1.54) is 12.0 Å². The van der Waals surface area contributed by atoms with Crippen LogP contribution in [0, 0.1) is 11.8 Å². The number of hydrogen-bond donors (Lipinski definition) is 1. The highest BCUT2D eigenvalue weighted by atomic mass is 16.5. The van der Waals surface area contributed by atoms with Crippen molar-refractivity contribution in [1.29, 1.82) is 0 Å². The third-order valence-corrected chi connectivity index (χ3v) is 4.83. The lowest BCUT2D eigenvalue weighted by molar-refractivity contribution is -0.137. The summed E-state index contributed by atoms with van der Waals surface area (Å²) < 4.78 is 6.48. The van der Waals surface area contributed by atoms with Crippen LogP contribution < -0.4 is 0 Å². The number of carbonyl (C=O) groups excluding carboxylic acids is 2. The molecule has 4 rings (SSSR count). The molecule has 0 saturated carbocycles. The lowest BCUT2D eigenvalue weighted by Gasteiger charge is -2.13. The average molecular weight is 390 g/mol. The molecular weight excluding hydrogens is 372 g/mol. The van der Waals surface area contributed by atoms with Gasteiger partial charge in [-0.15, -0.1) is 0 Å². The highest BCUT2D eigenvalue weighted by Crippen LogP contribution is 2.24. The summed E-state index contributed by atoms with van der Waals surface area (Å²) >= 11 is 0. The van der Waals surface area contributed by atoms with E-state index >= 15 is 0 Å². The molecule has 29 heavy (non-hydrogen) atoms. The van der Waals surface area contributed by atoms with Crippen molar-refractivity contribution < 1.29 is 19.4 Å². The van der Waals surface area contributed by atoms with Crippen LogP contribution in [-0.4, -0.2) is 62.6 Å². The smallest absolute Gasteiger partial charge is 0.358 e. The minimum absolute atomic E-state index is 0.151. The Morgan fingerprint density at radius 1 is 1.38 bits per heavy atom. The molecule has 1 saturated heterocycles. The van der Waals surface area contributed by atoms with E-state index in [4.69, 9.17) is 4.74 Å². The molecule has 1 aliphatic heterocycles. The van der Waals surface area contributed by atoms with E-state index in [0.717, 1.165) is 0 Å². The third-order valence-electron chi connectivity index (χ3n) is 4.83. The summed E-state index contributed by atoms with van der Waals surface area (Å²) in [6.45, 7) is 0.464. The summed E-state index contributed by atoms with van der Waals surface area (Å²) in [5, 5.41) is 10.5. The van der Waals surface area contributed by atoms with Crippen LogP contribution in [0.25, 0.3) is 16.9 Å². The number of likely N-dealkylation sites (N-methyl/N-ethyl adjacent to an activating group) is 1. The van der Waals surface area contributed by atoms with Crippen molar-refractivity contribution in [2.75, 3.05) is 20.7 Å². The number of esters is 1. The molecule has 146 valence electrons. The van der Waals surface area contributed by atoms with E-state index < -0.39 is 17.5 Å². The van der Waals surface area contributed by atoms with Crippen molar-refractivity contribution in [3.05, 3.63) is 54.1 Å². The van der Waals surface area contributed by atoms with Crippen molar-refractivity contribution in [2.24, 2.45) is 0 Å². The van der Waals surface area contributed by atoms with Gasteiger partial charge in [-0.3, -0.25) is 4.79 Å². The fourth-order valence-electron chi connectivity index (χ4n) is 3.22. The fourth-order valence-corrected chi connectivity index (χ4v) is 3.22. The largest absolute Gasteiger partial charge is 0.464 e. The molecule has 8 heteroatoms. The molecule has 3 heterocycles. The van der Waals surface area contributed by atoms with Crippen LogP contribution in [0.1, 0.15) is 22.5 Å². The minimum atomic E-state index is -1.66. The number of imidazole rings is 1. The van der Waals surface area contributed by atoms with Gasteiger partial charge in [-0.2, -0.15) is 0 Å². The second kappa shape index (κ2) is 7.04. The first-order chi connectivity index (χ1) is 13.9. The summed E-state index contributed by atoms with van der Waals surface area (Å²) in [5.74, 6) is 4.64. The van der Waals surface area contributed by atoms with Crippen LogP contribution in [0.15, 0.2) is 42.9 Å². The van der Waals surface area contributed by atoms with E-state index in [2.05, 4.69) is 21.8 Å². The molecule has 8 nitrogen and oxygen atoms in total. The van der Waals surface area contributed by atoms with Gasteiger partial charge in [-0.25, -0.2) is 14.8 Å². The molecule has 0 bridgehead atoms. The number of fused-ring (bicyclic) bond motifs is 1. The van der Waals surface area contributed by atoms with Crippen molar-refractivity contribution in [3.63, 3.8) is 0 Å². The first-order valence-corrected chi connectivity index (χ1v) is 8.95. The standard InChI is InChI=1S/C21H18N4O4/c1-24-10-8-21(28,20(24)27)7-6-14-4-3-5-15(12-14)17-18-22-9-11-25(18)13-16(23-17)19(26)29-2/h3-5,9,11-13,28H,8,10H2,1-2H3/t21-/m0/s1. The Morgan fingerprint density at radius 3 is 2.93 bits per heavy atom. The minimum Gasteiger partial charge on any atom is -0.464 e. The number of methoxy groups -OCH3 is 1. The third kappa shape index (κ3) is 3.32. The summed E-state index contributed by atoms with van der Waals surface area (Å²) in [7, 11) is 2.93. The van der Waals surface area contributed by atoms with Gasteiger partial charge in [0.2, 0.25) is 5.60 Å². The maximum absolute atomic E-state index is 12.1. The Labute approximate surface area is 166 Å². The van der Waals surface area contributed by atoms with Crippen LogP contribution in [0.5, 0.6) is 0 Å². The molecule has 1 fully saturated rings. The number of benzene rings is 1. The highest BCUT2D eigenvalue weighted by molar-refractivity contribution is 5.91. The number of rotatable bonds is 2. The predicted molar refractivity (Wildman–Crippen MR) is 104 cm³/mol. The molecule has 0 spiro atoms. The Balaban J connectivity index is 1.76. The number of hydrogen-bond acceptors (Lipinski definition) is 6. The second-order valence-electron chi connectivity index (χ2n) is 6.79. The van der Waals surface area contributed by atoms with Crippen molar-refractivity contribution in [3.8, 4) is 23.1 Å². The Bertz CT molecular complexity index is 1190. The number of aromatic nitrogens is 3. The Kier molecular flexibility index (Phi) is 4.53. The number of nitrogens with zero attached hydrogens (tertiary/aromatic N) is 4. The van der Waals surface area contributed by atoms with Gasteiger partial charge >= 0.3 is 5.97 Å². The summed E-state index contributed by atoms with van der Waals surface area (Å²) in [6, 6.07) is 7.16. The molecule has 1 aromatic carbocycles. The zero-order chi connectivity index (χ0) is 20.6. The van der Waals surface area contributed by atoms with Crippen LogP contribution in [-0.2, 0) is 9.53 Å². The molecule has 2 aromatic heterocycles. The van der Waals surface area contributed by atoms with E-state index in [1.54, 1.807) is 48.2 Å². The lowest BCUT2D eigenvalue weighted by Crippen LogP contribution is -2.37. The van der Waals surface area contributed by atoms with Gasteiger partial charge in [0.1, 0.15) is 5.69 Å². The fraction of sp³-hybridized carbons (Fsp3) is 0.238. The first-order valence-electron chi connectivity index (χ1n) is 8.95. The second-order valence-corrected chi connectivity index (χ2v) is 6.79. The number of carbonyl (C=O) groups is 2. The molecule has 1 aliphatic rings. The molecule has 1 N–H and O–H groups in total. The van der Waals surface area contributed by atoms with Crippen LogP contribution in [0.2, 0.25) is 0 Å². The number of amides is 1. The van der Waals surface area contributed by atoms with Crippen LogP contribution in [0.3, 0.4) is 0 Å². The van der Waals surface area contributed by atoms with E-state index in [0.29, 0.717) is 29.0 Å². The van der Waals surface area contributed by atoms with Gasteiger partial charge in [0.05, 0.1) is 7.11 Å². The molecular formula is C21H18N4O4. The lowest BCUT2D eigenvalue weighted by atomic mass is 10.0. The molecule has 1 amide bonds. The summed E-state index contributed by atoms with van der Waals surface area (Å²) in [5.41, 5.74) is 0.864. The van der Waals surface area contributed by atoms with Gasteiger partial charge in [-0.1, -0.05) is 24.0 Å². The highest BCUT2D eigenvalue weighted by Gasteiger charge is 2.42. The zero-order valence-electron chi connectivity index (χ0n) is 15.9. The monoisotopic (exact) mass is 390 g/mol. The van der Waals surface area contributed by atoms with Crippen molar-refractivity contribution in [2.45, 2.75) is 12.0 Å². The normalized spacial score (nSPS) is 18.6. The average Bonchev–Trinajstić information content (AvgIpc) is 3.32. The summed E-state index contributed by atoms with van der Waals surface area (Å²) in [4.78, 5) is 34.2. The summed E-state index contributed by atoms with van der Waals surface area (Å²) in [6.07, 6.45) is 5.16. The van der Waals surface area contributed by atoms with Gasteiger partial charge in [0, 0.05) is 49.7 Å². The molecule has 0 unspecified atom stereocenters. The first kappa shape index (κ1) is 18.7. The number of likely N-dealkylation sites (tertiary alicyclic amines) is 1. The van der Waals surface area contributed by atoms with Gasteiger partial charge in [-0.05, 0) is 12.1 Å². The zero-order valence-corrected chi connectivity index (χ0v) is 15.9. The van der Waals surface area contributed by atoms with E-state index in [-0.39, 0.29) is 12.1 Å². The van der Waals surface area contributed by atoms with Crippen molar-refractivity contribution in [1.82, 2.24) is 19.3 Å². The number of aliphatic hydroxyl groups is 1. The van der Waals surface area contributed by atoms with Crippen LogP contribution in [0.4, 0.5) is 0 Å². The topological polar surface area (TPSA) is 97.0 Å². The maximum Gasteiger partial charge on any atom is 0.358 e. The maximum atomic E-state index is 12.1. The van der Waals surface area contributed by atoms with Gasteiger partial charge in [0.15, 0.2) is 11.3 Å². The molecule has 3 aromatic rings. The van der Waals surface area contributed by atoms with E-state index in [1.807, 2.05) is 6.07 Å².